The van der Waals surface area contributed by atoms with Crippen molar-refractivity contribution in [1.29, 1.82) is 0 Å². The van der Waals surface area contributed by atoms with E-state index < -0.39 is 0 Å². The zero-order valence-electron chi connectivity index (χ0n) is 24.2. The molecule has 1 aliphatic rings. The predicted molar refractivity (Wildman–Crippen MR) is 158 cm³/mol. The Morgan fingerprint density at radius 2 is 1.75 bits per heavy atom. The molecule has 5 rings (SSSR count). The zero-order valence-corrected chi connectivity index (χ0v) is 24.2. The molecule has 2 aromatic carbocycles. The summed E-state index contributed by atoms with van der Waals surface area (Å²) in [5.41, 5.74) is 3.45. The van der Waals surface area contributed by atoms with E-state index in [2.05, 4.69) is 33.9 Å². The van der Waals surface area contributed by atoms with Gasteiger partial charge >= 0.3 is 0 Å². The van der Waals surface area contributed by atoms with Gasteiger partial charge in [-0.15, -0.1) is 0 Å². The number of benzene rings is 2. The van der Waals surface area contributed by atoms with Crippen molar-refractivity contribution in [3.05, 3.63) is 76.8 Å². The lowest BCUT2D eigenvalue weighted by Crippen LogP contribution is -2.55. The zero-order chi connectivity index (χ0) is 28.6. The molecule has 0 N–H and O–H groups in total. The standard InChI is InChI=1S/C31H38N6O3/c1-21-19-35(14-15-36(21)28(38)20-40-31(3,4)5)30-32-17-25(18-33-30)24-12-13-26-27(16-24)37(34(6)29(26)39)22(2)23-10-8-7-9-11-23/h7-13,16-18,21-22H,14-15,19-20H2,1-6H3/t21-,22?/m1/s1. The van der Waals surface area contributed by atoms with Crippen LogP contribution in [0, 0.1) is 0 Å². The van der Waals surface area contributed by atoms with E-state index in [1.165, 1.54) is 0 Å². The van der Waals surface area contributed by atoms with Crippen molar-refractivity contribution in [2.24, 2.45) is 7.05 Å². The van der Waals surface area contributed by atoms with Gasteiger partial charge in [-0.25, -0.2) is 9.97 Å². The molecule has 1 unspecified atom stereocenters. The first-order valence-corrected chi connectivity index (χ1v) is 13.8. The Hall–Kier alpha value is -3.98. The monoisotopic (exact) mass is 542 g/mol. The molecule has 1 aliphatic heterocycles. The molecule has 1 amide bonds. The molecule has 0 saturated carbocycles. The van der Waals surface area contributed by atoms with Crippen LogP contribution in [0.5, 0.6) is 0 Å². The number of rotatable bonds is 6. The van der Waals surface area contributed by atoms with E-state index in [0.29, 0.717) is 31.0 Å². The highest BCUT2D eigenvalue weighted by Crippen LogP contribution is 2.27. The molecule has 9 nitrogen and oxygen atoms in total. The fourth-order valence-electron chi connectivity index (χ4n) is 5.36. The van der Waals surface area contributed by atoms with Gasteiger partial charge in [-0.05, 0) is 57.9 Å². The molecule has 210 valence electrons. The van der Waals surface area contributed by atoms with Crippen LogP contribution in [0.15, 0.2) is 65.7 Å². The van der Waals surface area contributed by atoms with Crippen LogP contribution < -0.4 is 10.5 Å². The summed E-state index contributed by atoms with van der Waals surface area (Å²) in [6, 6.07) is 16.1. The van der Waals surface area contributed by atoms with Crippen molar-refractivity contribution in [3.63, 3.8) is 0 Å². The molecule has 2 atom stereocenters. The minimum absolute atomic E-state index is 0.00899. The highest BCUT2D eigenvalue weighted by Gasteiger charge is 2.29. The molecule has 1 saturated heterocycles. The first kappa shape index (κ1) is 27.6. The van der Waals surface area contributed by atoms with Crippen molar-refractivity contribution in [1.82, 2.24) is 24.2 Å². The largest absolute Gasteiger partial charge is 0.366 e. The number of nitrogens with zero attached hydrogens (tertiary/aromatic N) is 6. The summed E-state index contributed by atoms with van der Waals surface area (Å²) in [4.78, 5) is 39.0. The van der Waals surface area contributed by atoms with Crippen molar-refractivity contribution in [2.75, 3.05) is 31.1 Å². The molecule has 9 heteroatoms. The average Bonchev–Trinajstić information content (AvgIpc) is 3.20. The van der Waals surface area contributed by atoms with Gasteiger partial charge in [0.15, 0.2) is 0 Å². The Kier molecular flexibility index (Phi) is 7.51. The number of carbonyl (C=O) groups excluding carboxylic acids is 1. The van der Waals surface area contributed by atoms with Crippen LogP contribution in [0.2, 0.25) is 0 Å². The average molecular weight is 543 g/mol. The number of fused-ring (bicyclic) bond motifs is 1. The smallest absolute Gasteiger partial charge is 0.274 e. The van der Waals surface area contributed by atoms with Gasteiger partial charge < -0.3 is 14.5 Å². The number of piperazine rings is 1. The van der Waals surface area contributed by atoms with Gasteiger partial charge in [-0.2, -0.15) is 0 Å². The summed E-state index contributed by atoms with van der Waals surface area (Å²) in [6.07, 6.45) is 3.66. The summed E-state index contributed by atoms with van der Waals surface area (Å²) in [5, 5.41) is 0.681. The van der Waals surface area contributed by atoms with Crippen LogP contribution in [0.3, 0.4) is 0 Å². The molecule has 2 aromatic heterocycles. The number of hydrogen-bond donors (Lipinski definition) is 0. The van der Waals surface area contributed by atoms with E-state index in [1.54, 1.807) is 4.68 Å². The van der Waals surface area contributed by atoms with Crippen LogP contribution >= 0.6 is 0 Å². The fraction of sp³-hybridized carbons (Fsp3) is 0.419. The lowest BCUT2D eigenvalue weighted by atomic mass is 10.1. The highest BCUT2D eigenvalue weighted by molar-refractivity contribution is 5.84. The Bertz CT molecular complexity index is 1550. The fourth-order valence-corrected chi connectivity index (χ4v) is 5.36. The second-order valence-electron chi connectivity index (χ2n) is 11.5. The van der Waals surface area contributed by atoms with Gasteiger partial charge in [0.25, 0.3) is 5.56 Å². The van der Waals surface area contributed by atoms with Crippen LogP contribution in [0.1, 0.15) is 46.2 Å². The van der Waals surface area contributed by atoms with Crippen molar-refractivity contribution < 1.29 is 9.53 Å². The van der Waals surface area contributed by atoms with E-state index in [0.717, 1.165) is 22.2 Å². The van der Waals surface area contributed by atoms with Gasteiger partial charge in [0.1, 0.15) is 6.61 Å². The minimum atomic E-state index is -0.348. The molecular formula is C31H38N6O3. The maximum absolute atomic E-state index is 13.0. The van der Waals surface area contributed by atoms with Gasteiger partial charge in [0.2, 0.25) is 11.9 Å². The second-order valence-corrected chi connectivity index (χ2v) is 11.5. The van der Waals surface area contributed by atoms with E-state index in [4.69, 9.17) is 4.74 Å². The third-order valence-corrected chi connectivity index (χ3v) is 7.57. The summed E-state index contributed by atoms with van der Waals surface area (Å²) >= 11 is 0. The van der Waals surface area contributed by atoms with E-state index in [-0.39, 0.29) is 35.8 Å². The third-order valence-electron chi connectivity index (χ3n) is 7.57. The number of carbonyl (C=O) groups is 1. The predicted octanol–water partition coefficient (Wildman–Crippen LogP) is 4.26. The van der Waals surface area contributed by atoms with Crippen molar-refractivity contribution in [3.8, 4) is 11.1 Å². The summed E-state index contributed by atoms with van der Waals surface area (Å²) in [5.74, 6) is 0.652. The molecular weight excluding hydrogens is 504 g/mol. The molecule has 4 aromatic rings. The topological polar surface area (TPSA) is 85.5 Å². The Morgan fingerprint density at radius 1 is 1.05 bits per heavy atom. The van der Waals surface area contributed by atoms with Gasteiger partial charge in [0.05, 0.1) is 22.5 Å². The molecule has 3 heterocycles. The third kappa shape index (κ3) is 5.51. The quantitative estimate of drug-likeness (QED) is 0.362. The molecule has 0 bridgehead atoms. The normalized spacial score (nSPS) is 16.9. The number of hydrogen-bond acceptors (Lipinski definition) is 6. The van der Waals surface area contributed by atoms with Gasteiger partial charge in [0, 0.05) is 50.7 Å². The first-order valence-electron chi connectivity index (χ1n) is 13.8. The number of aromatic nitrogens is 4. The van der Waals surface area contributed by atoms with Crippen LogP contribution in [-0.2, 0) is 16.6 Å². The molecule has 1 fully saturated rings. The molecule has 40 heavy (non-hydrogen) atoms. The molecule has 0 spiro atoms. The van der Waals surface area contributed by atoms with E-state index in [9.17, 15) is 9.59 Å². The summed E-state index contributed by atoms with van der Waals surface area (Å²) < 4.78 is 9.42. The van der Waals surface area contributed by atoms with Crippen LogP contribution in [0.25, 0.3) is 22.0 Å². The lowest BCUT2D eigenvalue weighted by molar-refractivity contribution is -0.143. The maximum Gasteiger partial charge on any atom is 0.274 e. The van der Waals surface area contributed by atoms with Crippen LogP contribution in [-0.4, -0.2) is 68.0 Å². The van der Waals surface area contributed by atoms with E-state index in [1.807, 2.05) is 93.1 Å². The number of ether oxygens (including phenoxy) is 1. The second kappa shape index (κ2) is 10.9. The van der Waals surface area contributed by atoms with Crippen molar-refractivity contribution >= 4 is 22.8 Å². The van der Waals surface area contributed by atoms with E-state index >= 15 is 0 Å². The van der Waals surface area contributed by atoms with Crippen molar-refractivity contribution in [2.45, 2.75) is 52.3 Å². The molecule has 0 radical (unpaired) electrons. The molecule has 0 aliphatic carbocycles. The Labute approximate surface area is 235 Å². The Morgan fingerprint density at radius 3 is 2.40 bits per heavy atom. The van der Waals surface area contributed by atoms with Gasteiger partial charge in [-0.1, -0.05) is 36.4 Å². The minimum Gasteiger partial charge on any atom is -0.366 e. The summed E-state index contributed by atoms with van der Waals surface area (Å²) in [6.45, 7) is 12.0. The first-order chi connectivity index (χ1) is 19.0. The number of anilines is 1. The Balaban J connectivity index is 1.34. The maximum atomic E-state index is 13.0. The van der Waals surface area contributed by atoms with Gasteiger partial charge in [-0.3, -0.25) is 19.0 Å². The lowest BCUT2D eigenvalue weighted by Gasteiger charge is -2.40. The van der Waals surface area contributed by atoms with Crippen LogP contribution in [0.4, 0.5) is 5.95 Å². The summed E-state index contributed by atoms with van der Waals surface area (Å²) in [7, 11) is 1.81. The number of amides is 1. The highest BCUT2D eigenvalue weighted by atomic mass is 16.5. The SMILES string of the molecule is CC(c1ccccc1)n1c2cc(-c3cnc(N4CCN(C(=O)COC(C)(C)C)[C@H](C)C4)nc3)ccc2c(=O)n1C.